The first kappa shape index (κ1) is 24.2. The highest BCUT2D eigenvalue weighted by Gasteiger charge is 2.45. The van der Waals surface area contributed by atoms with Crippen molar-refractivity contribution in [3.05, 3.63) is 119 Å². The Kier molecular flexibility index (Phi) is 6.48. The van der Waals surface area contributed by atoms with Crippen LogP contribution in [0.25, 0.3) is 22.3 Å². The minimum Gasteiger partial charge on any atom is -0.396 e. The lowest BCUT2D eigenvalue weighted by atomic mass is 9.67. The molecule has 0 radical (unpaired) electrons. The monoisotopic (exact) mass is 488 g/mol. The number of rotatable bonds is 10. The van der Waals surface area contributed by atoms with Crippen LogP contribution in [0.4, 0.5) is 0 Å². The Bertz CT molecular complexity index is 1200. The molecule has 0 atom stereocenters. The first-order chi connectivity index (χ1) is 18.2. The van der Waals surface area contributed by atoms with Gasteiger partial charge in [-0.15, -0.1) is 0 Å². The van der Waals surface area contributed by atoms with Gasteiger partial charge in [0.05, 0.1) is 0 Å². The Morgan fingerprint density at radius 1 is 0.378 bits per heavy atom. The summed E-state index contributed by atoms with van der Waals surface area (Å²) >= 11 is 0. The highest BCUT2D eigenvalue weighted by Crippen LogP contribution is 2.57. The summed E-state index contributed by atoms with van der Waals surface area (Å²) < 4.78 is 0. The molecule has 0 heterocycles. The van der Waals surface area contributed by atoms with E-state index in [0.717, 1.165) is 44.9 Å². The molecule has 188 valence electrons. The van der Waals surface area contributed by atoms with Gasteiger partial charge in [0.1, 0.15) is 0 Å². The quantitative estimate of drug-likeness (QED) is 0.241. The zero-order valence-corrected chi connectivity index (χ0v) is 21.5. The fraction of sp³-hybridized carbons (Fsp3) is 0.314. The van der Waals surface area contributed by atoms with Gasteiger partial charge in [-0.1, -0.05) is 103 Å². The van der Waals surface area contributed by atoms with Crippen LogP contribution in [0.1, 0.15) is 67.2 Å². The second-order valence-electron chi connectivity index (χ2n) is 10.9. The van der Waals surface area contributed by atoms with E-state index >= 15 is 0 Å². The van der Waals surface area contributed by atoms with E-state index in [9.17, 15) is 10.2 Å². The van der Waals surface area contributed by atoms with Crippen molar-refractivity contribution in [2.45, 2.75) is 55.8 Å². The van der Waals surface area contributed by atoms with Crippen LogP contribution in [0.2, 0.25) is 0 Å². The molecule has 2 aliphatic rings. The summed E-state index contributed by atoms with van der Waals surface area (Å²) in [7, 11) is 0. The molecule has 2 heteroatoms. The Hall–Kier alpha value is -3.20. The maximum atomic E-state index is 9.87. The van der Waals surface area contributed by atoms with Crippen LogP contribution in [0.15, 0.2) is 97.1 Å². The van der Waals surface area contributed by atoms with Crippen molar-refractivity contribution in [1.82, 2.24) is 0 Å². The summed E-state index contributed by atoms with van der Waals surface area (Å²) in [6.45, 7) is 0.431. The van der Waals surface area contributed by atoms with Crippen LogP contribution in [-0.2, 0) is 10.8 Å². The van der Waals surface area contributed by atoms with Gasteiger partial charge in [-0.05, 0) is 83.0 Å². The maximum Gasteiger partial charge on any atom is 0.0431 e. The van der Waals surface area contributed by atoms with Gasteiger partial charge in [0.15, 0.2) is 0 Å². The molecule has 2 nitrogen and oxygen atoms in total. The third-order valence-corrected chi connectivity index (χ3v) is 9.08. The number of hydrogen-bond acceptors (Lipinski definition) is 2. The fourth-order valence-electron chi connectivity index (χ4n) is 7.61. The van der Waals surface area contributed by atoms with Crippen LogP contribution in [0.3, 0.4) is 0 Å². The topological polar surface area (TPSA) is 40.5 Å². The van der Waals surface area contributed by atoms with Crippen LogP contribution >= 0.6 is 0 Å². The molecule has 2 N–H and O–H groups in total. The lowest BCUT2D eigenvalue weighted by Gasteiger charge is -2.36. The van der Waals surface area contributed by atoms with Gasteiger partial charge in [-0.25, -0.2) is 0 Å². The molecule has 0 aliphatic heterocycles. The van der Waals surface area contributed by atoms with Crippen molar-refractivity contribution in [3.63, 3.8) is 0 Å². The van der Waals surface area contributed by atoms with E-state index in [-0.39, 0.29) is 24.0 Å². The van der Waals surface area contributed by atoms with Gasteiger partial charge in [0, 0.05) is 24.0 Å². The molecule has 0 aromatic heterocycles. The van der Waals surface area contributed by atoms with Crippen LogP contribution in [0.5, 0.6) is 0 Å². The minimum absolute atomic E-state index is 0.0777. The van der Waals surface area contributed by atoms with E-state index < -0.39 is 0 Å². The summed E-state index contributed by atoms with van der Waals surface area (Å²) in [4.78, 5) is 0. The Balaban J connectivity index is 1.40. The lowest BCUT2D eigenvalue weighted by Crippen LogP contribution is -2.29. The molecule has 2 aliphatic carbocycles. The van der Waals surface area contributed by atoms with Gasteiger partial charge in [0.25, 0.3) is 0 Å². The van der Waals surface area contributed by atoms with Crippen molar-refractivity contribution in [1.29, 1.82) is 0 Å². The fourth-order valence-corrected chi connectivity index (χ4v) is 7.61. The molecule has 0 saturated carbocycles. The highest BCUT2D eigenvalue weighted by molar-refractivity contribution is 5.82. The Morgan fingerprint density at radius 2 is 0.649 bits per heavy atom. The second-order valence-corrected chi connectivity index (χ2v) is 10.9. The third kappa shape index (κ3) is 3.77. The predicted octanol–water partition coefficient (Wildman–Crippen LogP) is 7.64. The van der Waals surface area contributed by atoms with E-state index in [0.29, 0.717) is 0 Å². The minimum atomic E-state index is -0.0777. The molecule has 0 saturated heterocycles. The summed E-state index contributed by atoms with van der Waals surface area (Å²) in [6.07, 6.45) is 6.66. The zero-order valence-electron chi connectivity index (χ0n) is 21.5. The smallest absolute Gasteiger partial charge is 0.0431 e. The first-order valence-corrected chi connectivity index (χ1v) is 13.9. The average Bonchev–Trinajstić information content (AvgIpc) is 3.39. The normalized spacial score (nSPS) is 15.6. The summed E-state index contributed by atoms with van der Waals surface area (Å²) in [5.74, 6) is 0. The molecule has 0 spiro atoms. The molecule has 0 bridgehead atoms. The van der Waals surface area contributed by atoms with Crippen molar-refractivity contribution in [3.8, 4) is 22.3 Å². The van der Waals surface area contributed by atoms with E-state index in [1.165, 1.54) is 44.5 Å². The average molecular weight is 489 g/mol. The molecule has 0 unspecified atom stereocenters. The highest BCUT2D eigenvalue weighted by atomic mass is 16.3. The van der Waals surface area contributed by atoms with Gasteiger partial charge in [-0.2, -0.15) is 0 Å². The molecular formula is C35H36O2. The zero-order chi connectivity index (χ0) is 25.3. The SMILES string of the molecule is OCCCC1(CCCC2(CCCO)c3ccccc3-c3ccccc32)c2ccccc2-c2ccccc21. The van der Waals surface area contributed by atoms with Crippen molar-refractivity contribution < 1.29 is 10.2 Å². The second kappa shape index (κ2) is 9.93. The van der Waals surface area contributed by atoms with E-state index in [2.05, 4.69) is 97.1 Å². The van der Waals surface area contributed by atoms with Gasteiger partial charge < -0.3 is 10.2 Å². The molecule has 0 amide bonds. The van der Waals surface area contributed by atoms with E-state index in [1.807, 2.05) is 0 Å². The van der Waals surface area contributed by atoms with Gasteiger partial charge >= 0.3 is 0 Å². The molecule has 4 aromatic carbocycles. The molecule has 37 heavy (non-hydrogen) atoms. The van der Waals surface area contributed by atoms with Gasteiger partial charge in [0.2, 0.25) is 0 Å². The van der Waals surface area contributed by atoms with Crippen LogP contribution in [-0.4, -0.2) is 23.4 Å². The van der Waals surface area contributed by atoms with Crippen LogP contribution < -0.4 is 0 Å². The van der Waals surface area contributed by atoms with E-state index in [4.69, 9.17) is 0 Å². The lowest BCUT2D eigenvalue weighted by molar-refractivity contribution is 0.256. The maximum absolute atomic E-state index is 9.87. The number of fused-ring (bicyclic) bond motifs is 6. The number of aliphatic hydroxyl groups is 2. The summed E-state index contributed by atoms with van der Waals surface area (Å²) in [6, 6.07) is 35.6. The number of benzene rings is 4. The van der Waals surface area contributed by atoms with Crippen LogP contribution in [0, 0.1) is 0 Å². The van der Waals surface area contributed by atoms with Crippen molar-refractivity contribution >= 4 is 0 Å². The van der Waals surface area contributed by atoms with Gasteiger partial charge in [-0.3, -0.25) is 0 Å². The summed E-state index contributed by atoms with van der Waals surface area (Å²) in [5, 5.41) is 19.7. The van der Waals surface area contributed by atoms with Crippen molar-refractivity contribution in [2.75, 3.05) is 13.2 Å². The molecule has 0 fully saturated rings. The Morgan fingerprint density at radius 3 is 0.946 bits per heavy atom. The third-order valence-electron chi connectivity index (χ3n) is 9.08. The first-order valence-electron chi connectivity index (χ1n) is 13.9. The standard InChI is InChI=1S/C35H36O2/c36-24-10-22-34(30-16-5-1-12-26(30)27-13-2-6-17-31(27)34)20-9-21-35(23-11-25-37)32-18-7-3-14-28(32)29-15-4-8-19-33(29)35/h1-8,12-19,36-37H,9-11,20-25H2. The predicted molar refractivity (Wildman–Crippen MR) is 152 cm³/mol. The van der Waals surface area contributed by atoms with E-state index in [1.54, 1.807) is 0 Å². The molecule has 4 aromatic rings. The molecule has 6 rings (SSSR count). The molecular weight excluding hydrogens is 452 g/mol. The number of hydrogen-bond donors (Lipinski definition) is 2. The largest absolute Gasteiger partial charge is 0.396 e. The summed E-state index contributed by atoms with van der Waals surface area (Å²) in [5.41, 5.74) is 10.9. The Labute approximate surface area is 220 Å². The number of aliphatic hydroxyl groups excluding tert-OH is 2. The van der Waals surface area contributed by atoms with Crippen molar-refractivity contribution in [2.24, 2.45) is 0 Å².